The van der Waals surface area contributed by atoms with Crippen LogP contribution in [0, 0.1) is 0 Å². The lowest BCUT2D eigenvalue weighted by Crippen LogP contribution is -2.02. The average molecular weight is 352 g/mol. The maximum atomic E-state index is 9.98. The molecule has 0 saturated heterocycles. The highest BCUT2D eigenvalue weighted by molar-refractivity contribution is 9.12. The van der Waals surface area contributed by atoms with Crippen molar-refractivity contribution in [3.63, 3.8) is 0 Å². The number of H-pyrrole nitrogens is 1. The zero-order chi connectivity index (χ0) is 10.8. The Morgan fingerprint density at radius 1 is 1.53 bits per heavy atom. The third-order valence-corrected chi connectivity index (χ3v) is 4.37. The maximum Gasteiger partial charge on any atom is 0.108 e. The summed E-state index contributed by atoms with van der Waals surface area (Å²) in [4.78, 5) is 7.05. The number of hydrogen-bond acceptors (Lipinski definition) is 3. The molecule has 2 heterocycles. The molecule has 2 N–H and O–H groups in total. The fraction of sp³-hybridized carbons (Fsp3) is 0.222. The van der Waals surface area contributed by atoms with Crippen LogP contribution in [-0.4, -0.2) is 15.1 Å². The van der Waals surface area contributed by atoms with E-state index in [2.05, 4.69) is 41.8 Å². The second-order valence-corrected chi connectivity index (χ2v) is 6.78. The first-order chi connectivity index (χ1) is 7.16. The van der Waals surface area contributed by atoms with Crippen LogP contribution in [0.25, 0.3) is 0 Å². The molecule has 80 valence electrons. The molecular weight excluding hydrogens is 344 g/mol. The van der Waals surface area contributed by atoms with Gasteiger partial charge < -0.3 is 10.1 Å². The number of halogens is 2. The lowest BCUT2D eigenvalue weighted by atomic mass is 10.1. The summed E-state index contributed by atoms with van der Waals surface area (Å²) >= 11 is 8.36. The van der Waals surface area contributed by atoms with Gasteiger partial charge in [-0.25, -0.2) is 4.98 Å². The molecule has 0 saturated carbocycles. The van der Waals surface area contributed by atoms with Crippen molar-refractivity contribution in [2.45, 2.75) is 12.5 Å². The van der Waals surface area contributed by atoms with Crippen molar-refractivity contribution in [1.82, 2.24) is 9.97 Å². The molecule has 0 aliphatic rings. The molecular formula is C9H8Br2N2OS. The van der Waals surface area contributed by atoms with E-state index in [0.29, 0.717) is 6.42 Å². The molecule has 2 rings (SSSR count). The Labute approximate surface area is 108 Å². The number of nitrogens with one attached hydrogen (secondary N) is 1. The zero-order valence-electron chi connectivity index (χ0n) is 7.58. The monoisotopic (exact) mass is 350 g/mol. The van der Waals surface area contributed by atoms with E-state index in [1.54, 1.807) is 23.7 Å². The van der Waals surface area contributed by atoms with Gasteiger partial charge in [0, 0.05) is 24.4 Å². The lowest BCUT2D eigenvalue weighted by molar-refractivity contribution is 0.176. The van der Waals surface area contributed by atoms with E-state index in [-0.39, 0.29) is 0 Å². The van der Waals surface area contributed by atoms with E-state index >= 15 is 0 Å². The quantitative estimate of drug-likeness (QED) is 0.891. The third kappa shape index (κ3) is 2.69. The second-order valence-electron chi connectivity index (χ2n) is 3.04. The van der Waals surface area contributed by atoms with E-state index in [1.807, 2.05) is 6.07 Å². The van der Waals surface area contributed by atoms with Gasteiger partial charge in [-0.05, 0) is 37.9 Å². The smallest absolute Gasteiger partial charge is 0.108 e. The predicted molar refractivity (Wildman–Crippen MR) is 67.0 cm³/mol. The maximum absolute atomic E-state index is 9.98. The van der Waals surface area contributed by atoms with Crippen LogP contribution in [0.2, 0.25) is 0 Å². The molecule has 2 aromatic heterocycles. The summed E-state index contributed by atoms with van der Waals surface area (Å²) in [6.07, 6.45) is 3.39. The second kappa shape index (κ2) is 4.78. The largest absolute Gasteiger partial charge is 0.388 e. The van der Waals surface area contributed by atoms with Crippen LogP contribution in [0.1, 0.15) is 17.5 Å². The molecule has 1 atom stereocenters. The van der Waals surface area contributed by atoms with Crippen LogP contribution in [0.3, 0.4) is 0 Å². The van der Waals surface area contributed by atoms with Gasteiger partial charge in [0.05, 0.1) is 13.7 Å². The molecule has 0 aliphatic heterocycles. The first kappa shape index (κ1) is 11.3. The van der Waals surface area contributed by atoms with Crippen molar-refractivity contribution < 1.29 is 5.11 Å². The fourth-order valence-corrected chi connectivity index (χ4v) is 4.24. The summed E-state index contributed by atoms with van der Waals surface area (Å²) in [5.41, 5.74) is 0.892. The zero-order valence-corrected chi connectivity index (χ0v) is 11.6. The van der Waals surface area contributed by atoms with Crippen LogP contribution < -0.4 is 0 Å². The van der Waals surface area contributed by atoms with Gasteiger partial charge in [0.2, 0.25) is 0 Å². The molecule has 0 bridgehead atoms. The Hall–Kier alpha value is -0.170. The molecule has 0 amide bonds. The molecule has 0 fully saturated rings. The fourth-order valence-electron chi connectivity index (χ4n) is 1.28. The highest BCUT2D eigenvalue weighted by Gasteiger charge is 2.15. The van der Waals surface area contributed by atoms with Crippen molar-refractivity contribution in [2.24, 2.45) is 0 Å². The van der Waals surface area contributed by atoms with Gasteiger partial charge in [-0.15, -0.1) is 11.3 Å². The number of aliphatic hydroxyl groups excluding tert-OH is 1. The Morgan fingerprint density at radius 2 is 2.33 bits per heavy atom. The molecule has 15 heavy (non-hydrogen) atoms. The topological polar surface area (TPSA) is 48.9 Å². The van der Waals surface area contributed by atoms with Crippen LogP contribution in [0.4, 0.5) is 0 Å². The summed E-state index contributed by atoms with van der Waals surface area (Å²) < 4.78 is 1.95. The summed E-state index contributed by atoms with van der Waals surface area (Å²) in [5.74, 6) is 0.789. The molecule has 0 radical (unpaired) electrons. The normalized spacial score (nSPS) is 13.0. The van der Waals surface area contributed by atoms with Gasteiger partial charge in [0.15, 0.2) is 0 Å². The molecule has 0 aromatic carbocycles. The summed E-state index contributed by atoms with van der Waals surface area (Å²) in [7, 11) is 0. The number of imidazole rings is 1. The Morgan fingerprint density at radius 3 is 2.87 bits per heavy atom. The molecule has 2 aromatic rings. The van der Waals surface area contributed by atoms with Gasteiger partial charge in [0.25, 0.3) is 0 Å². The Balaban J connectivity index is 2.14. The van der Waals surface area contributed by atoms with Crippen LogP contribution in [0.15, 0.2) is 26.0 Å². The number of aromatic amines is 1. The van der Waals surface area contributed by atoms with E-state index in [0.717, 1.165) is 19.0 Å². The van der Waals surface area contributed by atoms with Crippen molar-refractivity contribution in [1.29, 1.82) is 0 Å². The van der Waals surface area contributed by atoms with E-state index in [9.17, 15) is 5.11 Å². The standard InChI is InChI=1S/C9H8Br2N2OS/c10-7-3-5(9(11)15-7)6(14)4-8-12-1-2-13-8/h1-3,6,14H,4H2,(H,12,13). The number of aliphatic hydroxyl groups is 1. The minimum atomic E-state index is -0.534. The average Bonchev–Trinajstić information content (AvgIpc) is 2.75. The molecule has 6 heteroatoms. The SMILES string of the molecule is OC(Cc1ncc[nH]1)c1cc(Br)sc1Br. The summed E-state index contributed by atoms with van der Waals surface area (Å²) in [6, 6.07) is 1.92. The number of nitrogens with zero attached hydrogens (tertiary/aromatic N) is 1. The van der Waals surface area contributed by atoms with Crippen LogP contribution >= 0.6 is 43.2 Å². The number of thiophene rings is 1. The summed E-state index contributed by atoms with van der Waals surface area (Å²) in [6.45, 7) is 0. The highest BCUT2D eigenvalue weighted by Crippen LogP contribution is 2.36. The van der Waals surface area contributed by atoms with E-state index < -0.39 is 6.10 Å². The molecule has 3 nitrogen and oxygen atoms in total. The molecule has 0 spiro atoms. The van der Waals surface area contributed by atoms with E-state index in [1.165, 1.54) is 0 Å². The number of hydrogen-bond donors (Lipinski definition) is 2. The summed E-state index contributed by atoms with van der Waals surface area (Å²) in [5, 5.41) is 9.98. The predicted octanol–water partition coefficient (Wildman–Crippen LogP) is 3.27. The first-order valence-corrected chi connectivity index (χ1v) is 6.68. The van der Waals surface area contributed by atoms with E-state index in [4.69, 9.17) is 0 Å². The van der Waals surface area contributed by atoms with Crippen molar-refractivity contribution >= 4 is 43.2 Å². The minimum Gasteiger partial charge on any atom is -0.388 e. The van der Waals surface area contributed by atoms with Gasteiger partial charge >= 0.3 is 0 Å². The van der Waals surface area contributed by atoms with Gasteiger partial charge in [-0.3, -0.25) is 0 Å². The molecule has 0 aliphatic carbocycles. The van der Waals surface area contributed by atoms with Crippen molar-refractivity contribution in [2.75, 3.05) is 0 Å². The third-order valence-electron chi connectivity index (χ3n) is 1.98. The van der Waals surface area contributed by atoms with Gasteiger partial charge in [0.1, 0.15) is 5.82 Å². The van der Waals surface area contributed by atoms with Crippen molar-refractivity contribution in [3.8, 4) is 0 Å². The number of aromatic nitrogens is 2. The van der Waals surface area contributed by atoms with Gasteiger partial charge in [-0.2, -0.15) is 0 Å². The van der Waals surface area contributed by atoms with Crippen LogP contribution in [-0.2, 0) is 6.42 Å². The van der Waals surface area contributed by atoms with Crippen LogP contribution in [0.5, 0.6) is 0 Å². The minimum absolute atomic E-state index is 0.495. The molecule has 1 unspecified atom stereocenters. The Bertz CT molecular complexity index is 441. The highest BCUT2D eigenvalue weighted by atomic mass is 79.9. The lowest BCUT2D eigenvalue weighted by Gasteiger charge is -2.07. The number of rotatable bonds is 3. The Kier molecular flexibility index (Phi) is 3.60. The van der Waals surface area contributed by atoms with Gasteiger partial charge in [-0.1, -0.05) is 0 Å². The first-order valence-electron chi connectivity index (χ1n) is 4.28. The van der Waals surface area contributed by atoms with Crippen molar-refractivity contribution in [3.05, 3.63) is 37.4 Å².